The number of carbonyl (C=O) groups is 1. The third kappa shape index (κ3) is 3.11. The predicted octanol–water partition coefficient (Wildman–Crippen LogP) is 2.71. The lowest BCUT2D eigenvalue weighted by atomic mass is 9.96. The van der Waals surface area contributed by atoms with Gasteiger partial charge in [0.05, 0.1) is 0 Å². The molecule has 6 nitrogen and oxygen atoms in total. The molecular formula is C12H14N2O4S. The van der Waals surface area contributed by atoms with Crippen LogP contribution >= 0.6 is 11.3 Å². The van der Waals surface area contributed by atoms with Gasteiger partial charge in [-0.05, 0) is 11.4 Å². The van der Waals surface area contributed by atoms with E-state index in [1.54, 1.807) is 11.4 Å². The van der Waals surface area contributed by atoms with Crippen molar-refractivity contribution in [3.63, 3.8) is 0 Å². The van der Waals surface area contributed by atoms with Crippen LogP contribution in [0.15, 0.2) is 16.0 Å². The fraction of sp³-hybridized carbons (Fsp3) is 0.417. The van der Waals surface area contributed by atoms with E-state index in [9.17, 15) is 4.79 Å². The molecule has 0 fully saturated rings. The first kappa shape index (κ1) is 13.5. The highest BCUT2D eigenvalue weighted by Gasteiger charge is 2.21. The Labute approximate surface area is 114 Å². The minimum absolute atomic E-state index is 0.0556. The Kier molecular flexibility index (Phi) is 3.57. The Morgan fingerprint density at radius 3 is 2.84 bits per heavy atom. The Balaban J connectivity index is 2.05. The van der Waals surface area contributed by atoms with Crippen molar-refractivity contribution in [1.82, 2.24) is 10.1 Å². The molecule has 0 aromatic carbocycles. The van der Waals surface area contributed by atoms with Gasteiger partial charge in [-0.3, -0.25) is 0 Å². The molecule has 19 heavy (non-hydrogen) atoms. The molecule has 0 aliphatic rings. The van der Waals surface area contributed by atoms with Crippen LogP contribution in [-0.4, -0.2) is 21.2 Å². The summed E-state index contributed by atoms with van der Waals surface area (Å²) < 4.78 is 10.4. The molecule has 2 aromatic rings. The van der Waals surface area contributed by atoms with E-state index in [1.165, 1.54) is 0 Å². The summed E-state index contributed by atoms with van der Waals surface area (Å²) in [6.45, 7) is 5.98. The Hall–Kier alpha value is -1.89. The highest BCUT2D eigenvalue weighted by molar-refractivity contribution is 7.12. The average Bonchev–Trinajstić information content (AvgIpc) is 2.94. The quantitative estimate of drug-likeness (QED) is 0.928. The van der Waals surface area contributed by atoms with Gasteiger partial charge in [0.15, 0.2) is 17.3 Å². The van der Waals surface area contributed by atoms with Gasteiger partial charge in [0.1, 0.15) is 5.75 Å². The van der Waals surface area contributed by atoms with Crippen LogP contribution in [0.4, 0.5) is 0 Å². The molecule has 0 saturated heterocycles. The second kappa shape index (κ2) is 5.00. The second-order valence-electron chi connectivity index (χ2n) is 4.97. The largest absolute Gasteiger partial charge is 0.482 e. The van der Waals surface area contributed by atoms with Crippen molar-refractivity contribution in [2.45, 2.75) is 32.8 Å². The molecule has 1 N–H and O–H groups in total. The summed E-state index contributed by atoms with van der Waals surface area (Å²) in [5.41, 5.74) is -0.198. The lowest BCUT2D eigenvalue weighted by Crippen LogP contribution is -2.13. The fourth-order valence-electron chi connectivity index (χ4n) is 1.32. The first-order valence-corrected chi connectivity index (χ1v) is 6.52. The van der Waals surface area contributed by atoms with Gasteiger partial charge in [-0.25, -0.2) is 4.79 Å². The zero-order chi connectivity index (χ0) is 14.0. The molecule has 0 amide bonds. The number of ether oxygens (including phenoxy) is 1. The summed E-state index contributed by atoms with van der Waals surface area (Å²) in [6, 6.07) is 1.61. The maximum atomic E-state index is 10.9. The topological polar surface area (TPSA) is 85.5 Å². The van der Waals surface area contributed by atoms with Crippen LogP contribution in [-0.2, 0) is 12.0 Å². The fourth-order valence-corrected chi connectivity index (χ4v) is 2.00. The van der Waals surface area contributed by atoms with E-state index in [4.69, 9.17) is 14.4 Å². The summed E-state index contributed by atoms with van der Waals surface area (Å²) in [6.07, 6.45) is 0. The molecule has 0 unspecified atom stereocenters. The predicted molar refractivity (Wildman–Crippen MR) is 68.6 cm³/mol. The SMILES string of the molecule is CC(C)(C)c1noc(COc2ccsc2C(=O)O)n1. The van der Waals surface area contributed by atoms with Crippen molar-refractivity contribution in [1.29, 1.82) is 0 Å². The van der Waals surface area contributed by atoms with Crippen molar-refractivity contribution in [3.05, 3.63) is 28.0 Å². The van der Waals surface area contributed by atoms with E-state index in [2.05, 4.69) is 10.1 Å². The van der Waals surface area contributed by atoms with E-state index < -0.39 is 5.97 Å². The first-order chi connectivity index (χ1) is 8.88. The van der Waals surface area contributed by atoms with Crippen molar-refractivity contribution in [3.8, 4) is 5.75 Å². The van der Waals surface area contributed by atoms with E-state index in [1.807, 2.05) is 20.8 Å². The zero-order valence-corrected chi connectivity index (χ0v) is 11.7. The Morgan fingerprint density at radius 1 is 1.53 bits per heavy atom. The number of aromatic carboxylic acids is 1. The number of carboxylic acids is 1. The summed E-state index contributed by atoms with van der Waals surface area (Å²) in [7, 11) is 0. The third-order valence-electron chi connectivity index (χ3n) is 2.31. The first-order valence-electron chi connectivity index (χ1n) is 5.64. The molecule has 0 aliphatic carbocycles. The van der Waals surface area contributed by atoms with E-state index >= 15 is 0 Å². The minimum Gasteiger partial charge on any atom is -0.482 e. The van der Waals surface area contributed by atoms with Crippen molar-refractivity contribution >= 4 is 17.3 Å². The second-order valence-corrected chi connectivity index (χ2v) is 5.89. The van der Waals surface area contributed by atoms with Crippen molar-refractivity contribution in [2.75, 3.05) is 0 Å². The van der Waals surface area contributed by atoms with E-state index in [0.29, 0.717) is 17.5 Å². The van der Waals surface area contributed by atoms with Crippen LogP contribution in [0.1, 0.15) is 42.2 Å². The van der Waals surface area contributed by atoms with Gasteiger partial charge >= 0.3 is 5.97 Å². The van der Waals surface area contributed by atoms with Crippen LogP contribution in [0.2, 0.25) is 0 Å². The Morgan fingerprint density at radius 2 is 2.26 bits per heavy atom. The van der Waals surface area contributed by atoms with Crippen LogP contribution in [0.3, 0.4) is 0 Å². The maximum absolute atomic E-state index is 10.9. The maximum Gasteiger partial charge on any atom is 0.349 e. The van der Waals surface area contributed by atoms with Crippen LogP contribution < -0.4 is 4.74 Å². The van der Waals surface area contributed by atoms with Gasteiger partial charge < -0.3 is 14.4 Å². The zero-order valence-electron chi connectivity index (χ0n) is 10.8. The van der Waals surface area contributed by atoms with Crippen LogP contribution in [0, 0.1) is 0 Å². The number of hydrogen-bond acceptors (Lipinski definition) is 6. The highest BCUT2D eigenvalue weighted by Crippen LogP contribution is 2.25. The normalized spacial score (nSPS) is 11.5. The standard InChI is InChI=1S/C12H14N2O4S/c1-12(2,3)11-13-8(18-14-11)6-17-7-4-5-19-9(7)10(15)16/h4-5H,6H2,1-3H3,(H,15,16). The molecular weight excluding hydrogens is 268 g/mol. The summed E-state index contributed by atoms with van der Waals surface area (Å²) in [5, 5.41) is 14.5. The van der Waals surface area contributed by atoms with E-state index in [0.717, 1.165) is 11.3 Å². The number of thiophene rings is 1. The molecule has 0 bridgehead atoms. The van der Waals surface area contributed by atoms with Gasteiger partial charge in [-0.15, -0.1) is 11.3 Å². The molecule has 0 saturated carbocycles. The average molecular weight is 282 g/mol. The number of rotatable bonds is 4. The van der Waals surface area contributed by atoms with Gasteiger partial charge in [-0.1, -0.05) is 25.9 Å². The smallest absolute Gasteiger partial charge is 0.349 e. The van der Waals surface area contributed by atoms with E-state index in [-0.39, 0.29) is 16.9 Å². The lowest BCUT2D eigenvalue weighted by Gasteiger charge is -2.10. The molecule has 0 atom stereocenters. The van der Waals surface area contributed by atoms with Gasteiger partial charge in [0.2, 0.25) is 0 Å². The third-order valence-corrected chi connectivity index (χ3v) is 3.20. The number of nitrogens with zero attached hydrogens (tertiary/aromatic N) is 2. The van der Waals surface area contributed by atoms with Gasteiger partial charge in [0, 0.05) is 5.41 Å². The van der Waals surface area contributed by atoms with Crippen molar-refractivity contribution in [2.24, 2.45) is 0 Å². The number of carboxylic acid groups (broad SMARTS) is 1. The van der Waals surface area contributed by atoms with Gasteiger partial charge in [-0.2, -0.15) is 4.98 Å². The number of hydrogen-bond donors (Lipinski definition) is 1. The molecule has 2 rings (SSSR count). The lowest BCUT2D eigenvalue weighted by molar-refractivity contribution is 0.0697. The molecule has 2 aromatic heterocycles. The van der Waals surface area contributed by atoms with Crippen LogP contribution in [0.25, 0.3) is 0 Å². The summed E-state index contributed by atoms with van der Waals surface area (Å²) in [4.78, 5) is 15.3. The van der Waals surface area contributed by atoms with Crippen LogP contribution in [0.5, 0.6) is 5.75 Å². The molecule has 0 radical (unpaired) electrons. The highest BCUT2D eigenvalue weighted by atomic mass is 32.1. The molecule has 0 spiro atoms. The number of aromatic nitrogens is 2. The Bertz CT molecular complexity index is 583. The summed E-state index contributed by atoms with van der Waals surface area (Å²) >= 11 is 1.11. The monoisotopic (exact) mass is 282 g/mol. The minimum atomic E-state index is -1.01. The summed E-state index contributed by atoms with van der Waals surface area (Å²) in [5.74, 6) is 0.223. The molecule has 0 aliphatic heterocycles. The molecule has 2 heterocycles. The molecule has 7 heteroatoms. The molecule has 102 valence electrons. The van der Waals surface area contributed by atoms with Crippen molar-refractivity contribution < 1.29 is 19.2 Å². The van der Waals surface area contributed by atoms with Gasteiger partial charge in [0.25, 0.3) is 5.89 Å².